The monoisotopic (exact) mass is 245 g/mol. The van der Waals surface area contributed by atoms with Gasteiger partial charge in [0.1, 0.15) is 5.52 Å². The molecule has 0 fully saturated rings. The minimum Gasteiger partial charge on any atom is -0.434 e. The Labute approximate surface area is 101 Å². The molecular formula is C11H8FN5O. The molecule has 0 spiro atoms. The van der Waals surface area contributed by atoms with Crippen LogP contribution in [0.3, 0.4) is 0 Å². The highest BCUT2D eigenvalue weighted by atomic mass is 19.1. The number of imidazole rings is 1. The smallest absolute Gasteiger partial charge is 0.250 e. The number of rotatable bonds is 2. The molecule has 0 unspecified atom stereocenters. The molecule has 3 N–H and O–H groups in total. The number of H-pyrrole nitrogens is 1. The number of halogens is 1. The molecule has 0 amide bonds. The largest absolute Gasteiger partial charge is 0.434 e. The average molecular weight is 245 g/mol. The minimum absolute atomic E-state index is 0.0148. The Bertz CT molecular complexity index is 711. The summed E-state index contributed by atoms with van der Waals surface area (Å²) in [4.78, 5) is 14.6. The number of nitrogens with zero attached hydrogens (tertiary/aromatic N) is 3. The van der Waals surface area contributed by atoms with Gasteiger partial charge in [-0.1, -0.05) is 12.1 Å². The lowest BCUT2D eigenvalue weighted by atomic mass is 10.3. The second-order valence-electron chi connectivity index (χ2n) is 3.52. The van der Waals surface area contributed by atoms with E-state index in [-0.39, 0.29) is 17.6 Å². The fourth-order valence-corrected chi connectivity index (χ4v) is 1.53. The van der Waals surface area contributed by atoms with Gasteiger partial charge in [0.05, 0.1) is 6.33 Å². The first-order valence-corrected chi connectivity index (χ1v) is 5.13. The topological polar surface area (TPSA) is 89.7 Å². The van der Waals surface area contributed by atoms with Crippen molar-refractivity contribution in [2.75, 3.05) is 5.73 Å². The number of aromatic amines is 1. The third kappa shape index (κ3) is 1.71. The van der Waals surface area contributed by atoms with Gasteiger partial charge in [0.15, 0.2) is 17.2 Å². The molecule has 18 heavy (non-hydrogen) atoms. The number of nitrogens with one attached hydrogen (secondary N) is 1. The number of para-hydroxylation sites is 1. The fourth-order valence-electron chi connectivity index (χ4n) is 1.53. The maximum atomic E-state index is 13.5. The number of anilines is 1. The molecule has 0 saturated carbocycles. The molecule has 0 aliphatic heterocycles. The first-order valence-electron chi connectivity index (χ1n) is 5.13. The number of hydrogen-bond donors (Lipinski definition) is 2. The standard InChI is InChI=1S/C11H8FN5O/c12-6-3-1-2-4-7(6)18-10-8-9(15-5-14-8)16-11(13)17-10/h1-5H,(H3,13,14,15,16,17). The zero-order valence-electron chi connectivity index (χ0n) is 9.09. The van der Waals surface area contributed by atoms with E-state index in [1.54, 1.807) is 12.1 Å². The van der Waals surface area contributed by atoms with E-state index in [9.17, 15) is 4.39 Å². The Morgan fingerprint density at radius 3 is 2.89 bits per heavy atom. The maximum Gasteiger partial charge on any atom is 0.250 e. The van der Waals surface area contributed by atoms with E-state index < -0.39 is 5.82 Å². The molecule has 0 saturated heterocycles. The van der Waals surface area contributed by atoms with Crippen LogP contribution in [0.25, 0.3) is 11.2 Å². The summed E-state index contributed by atoms with van der Waals surface area (Å²) in [6.07, 6.45) is 1.44. The molecule has 3 rings (SSSR count). The van der Waals surface area contributed by atoms with Crippen LogP contribution in [0, 0.1) is 5.82 Å². The van der Waals surface area contributed by atoms with Crippen LogP contribution in [0.4, 0.5) is 10.3 Å². The summed E-state index contributed by atoms with van der Waals surface area (Å²) in [5, 5.41) is 0. The summed E-state index contributed by atoms with van der Waals surface area (Å²) in [5.74, 6) is -0.269. The van der Waals surface area contributed by atoms with Crippen LogP contribution in [0.5, 0.6) is 11.6 Å². The lowest BCUT2D eigenvalue weighted by molar-refractivity contribution is 0.431. The minimum atomic E-state index is -0.484. The van der Waals surface area contributed by atoms with Crippen LogP contribution in [-0.2, 0) is 0 Å². The molecular weight excluding hydrogens is 237 g/mol. The van der Waals surface area contributed by atoms with Crippen LogP contribution in [0.15, 0.2) is 30.6 Å². The number of aromatic nitrogens is 4. The van der Waals surface area contributed by atoms with Crippen LogP contribution in [0.2, 0.25) is 0 Å². The number of nitrogen functional groups attached to an aromatic ring is 1. The normalized spacial score (nSPS) is 10.7. The zero-order valence-corrected chi connectivity index (χ0v) is 9.09. The highest BCUT2D eigenvalue weighted by Crippen LogP contribution is 2.27. The van der Waals surface area contributed by atoms with Gasteiger partial charge in [-0.2, -0.15) is 9.97 Å². The fraction of sp³-hybridized carbons (Fsp3) is 0. The van der Waals surface area contributed by atoms with E-state index in [2.05, 4.69) is 19.9 Å². The molecule has 0 radical (unpaired) electrons. The van der Waals surface area contributed by atoms with Crippen LogP contribution in [0.1, 0.15) is 0 Å². The third-order valence-electron chi connectivity index (χ3n) is 2.31. The van der Waals surface area contributed by atoms with Crippen molar-refractivity contribution < 1.29 is 9.13 Å². The number of benzene rings is 1. The van der Waals surface area contributed by atoms with Gasteiger partial charge in [-0.05, 0) is 12.1 Å². The molecule has 7 heteroatoms. The molecule has 0 bridgehead atoms. The predicted molar refractivity (Wildman–Crippen MR) is 62.6 cm³/mol. The van der Waals surface area contributed by atoms with E-state index in [4.69, 9.17) is 10.5 Å². The van der Waals surface area contributed by atoms with Crippen molar-refractivity contribution >= 4 is 17.1 Å². The molecule has 90 valence electrons. The van der Waals surface area contributed by atoms with E-state index in [0.29, 0.717) is 11.2 Å². The number of ether oxygens (including phenoxy) is 1. The summed E-state index contributed by atoms with van der Waals surface area (Å²) in [7, 11) is 0. The van der Waals surface area contributed by atoms with Gasteiger partial charge in [0.2, 0.25) is 5.95 Å². The van der Waals surface area contributed by atoms with Crippen LogP contribution < -0.4 is 10.5 Å². The highest BCUT2D eigenvalue weighted by Gasteiger charge is 2.12. The highest BCUT2D eigenvalue weighted by molar-refractivity contribution is 5.77. The molecule has 1 aromatic carbocycles. The Hall–Kier alpha value is -2.70. The van der Waals surface area contributed by atoms with Crippen molar-refractivity contribution in [3.8, 4) is 11.6 Å². The van der Waals surface area contributed by atoms with E-state index in [1.807, 2.05) is 0 Å². The van der Waals surface area contributed by atoms with Gasteiger partial charge < -0.3 is 15.5 Å². The SMILES string of the molecule is Nc1nc(Oc2ccccc2F)c2[nH]cnc2n1. The molecule has 0 atom stereocenters. The summed E-state index contributed by atoms with van der Waals surface area (Å²) in [5.41, 5.74) is 6.36. The van der Waals surface area contributed by atoms with Crippen LogP contribution in [-0.4, -0.2) is 19.9 Å². The second-order valence-corrected chi connectivity index (χ2v) is 3.52. The van der Waals surface area contributed by atoms with Crippen LogP contribution >= 0.6 is 0 Å². The average Bonchev–Trinajstić information content (AvgIpc) is 2.80. The number of fused-ring (bicyclic) bond motifs is 1. The number of hydrogen-bond acceptors (Lipinski definition) is 5. The Kier molecular flexibility index (Phi) is 2.30. The van der Waals surface area contributed by atoms with Gasteiger partial charge in [-0.15, -0.1) is 0 Å². The summed E-state index contributed by atoms with van der Waals surface area (Å²) < 4.78 is 18.9. The van der Waals surface area contributed by atoms with Gasteiger partial charge in [-0.3, -0.25) is 0 Å². The lowest BCUT2D eigenvalue weighted by Gasteiger charge is -2.06. The molecule has 6 nitrogen and oxygen atoms in total. The lowest BCUT2D eigenvalue weighted by Crippen LogP contribution is -1.99. The first-order chi connectivity index (χ1) is 8.74. The second kappa shape index (κ2) is 3.95. The number of nitrogens with two attached hydrogens (primary N) is 1. The molecule has 3 aromatic rings. The molecule has 2 aromatic heterocycles. The maximum absolute atomic E-state index is 13.5. The molecule has 0 aliphatic carbocycles. The third-order valence-corrected chi connectivity index (χ3v) is 2.31. The molecule has 0 aliphatic rings. The van der Waals surface area contributed by atoms with Crippen molar-refractivity contribution in [2.45, 2.75) is 0 Å². The Morgan fingerprint density at radius 1 is 1.22 bits per heavy atom. The van der Waals surface area contributed by atoms with E-state index in [1.165, 1.54) is 18.5 Å². The predicted octanol–water partition coefficient (Wildman–Crippen LogP) is 1.87. The van der Waals surface area contributed by atoms with E-state index in [0.717, 1.165) is 0 Å². The Morgan fingerprint density at radius 2 is 2.06 bits per heavy atom. The first kappa shape index (κ1) is 10.5. The van der Waals surface area contributed by atoms with Gasteiger partial charge in [0, 0.05) is 0 Å². The van der Waals surface area contributed by atoms with Crippen molar-refractivity contribution in [3.63, 3.8) is 0 Å². The van der Waals surface area contributed by atoms with Crippen molar-refractivity contribution in [1.29, 1.82) is 0 Å². The van der Waals surface area contributed by atoms with E-state index >= 15 is 0 Å². The summed E-state index contributed by atoms with van der Waals surface area (Å²) >= 11 is 0. The van der Waals surface area contributed by atoms with Crippen molar-refractivity contribution in [2.24, 2.45) is 0 Å². The van der Waals surface area contributed by atoms with Crippen molar-refractivity contribution in [3.05, 3.63) is 36.4 Å². The summed E-state index contributed by atoms with van der Waals surface area (Å²) in [6.45, 7) is 0. The van der Waals surface area contributed by atoms with Gasteiger partial charge in [-0.25, -0.2) is 9.37 Å². The molecule has 2 heterocycles. The zero-order chi connectivity index (χ0) is 12.5. The van der Waals surface area contributed by atoms with Gasteiger partial charge >= 0.3 is 0 Å². The Balaban J connectivity index is 2.10. The quantitative estimate of drug-likeness (QED) is 0.719. The summed E-state index contributed by atoms with van der Waals surface area (Å²) in [6, 6.07) is 6.02. The van der Waals surface area contributed by atoms with Gasteiger partial charge in [0.25, 0.3) is 5.88 Å². The van der Waals surface area contributed by atoms with Crippen molar-refractivity contribution in [1.82, 2.24) is 19.9 Å².